The molecule has 0 bridgehead atoms. The fourth-order valence-corrected chi connectivity index (χ4v) is 7.59. The summed E-state index contributed by atoms with van der Waals surface area (Å²) in [6.07, 6.45) is 0. The van der Waals surface area contributed by atoms with Gasteiger partial charge in [-0.2, -0.15) is 0 Å². The first kappa shape index (κ1) is 29.1. The number of rotatable bonds is 5. The van der Waals surface area contributed by atoms with Gasteiger partial charge >= 0.3 is 0 Å². The van der Waals surface area contributed by atoms with Crippen molar-refractivity contribution < 1.29 is 9.47 Å². The molecule has 0 saturated carbocycles. The van der Waals surface area contributed by atoms with Crippen molar-refractivity contribution >= 4 is 0 Å². The van der Waals surface area contributed by atoms with E-state index in [9.17, 15) is 0 Å². The van der Waals surface area contributed by atoms with Crippen LogP contribution in [0, 0.1) is 0 Å². The van der Waals surface area contributed by atoms with Gasteiger partial charge in [-0.15, -0.1) is 0 Å². The molecule has 0 spiro atoms. The van der Waals surface area contributed by atoms with Crippen LogP contribution in [0.2, 0.25) is 0 Å². The van der Waals surface area contributed by atoms with Crippen molar-refractivity contribution in [2.24, 2.45) is 0 Å². The third-order valence-electron chi connectivity index (χ3n) is 9.89. The fourth-order valence-electron chi connectivity index (χ4n) is 7.59. The van der Waals surface area contributed by atoms with Crippen LogP contribution in [-0.2, 0) is 5.41 Å². The Bertz CT molecular complexity index is 2480. The SMILES string of the molecule is c1ccc(-c2nc(-c3ccccc3)nc(-c3ccc(C4(c5ccc6c(c5)Oc5ccccc5O6)c5ccccc5-c5ccccc54)cc3)n2)cc1. The van der Waals surface area contributed by atoms with Crippen molar-refractivity contribution in [1.29, 1.82) is 0 Å². The van der Waals surface area contributed by atoms with E-state index in [-0.39, 0.29) is 0 Å². The molecule has 1 aromatic heterocycles. The zero-order valence-corrected chi connectivity index (χ0v) is 27.4. The number of hydrogen-bond donors (Lipinski definition) is 0. The van der Waals surface area contributed by atoms with Crippen molar-refractivity contribution in [3.05, 3.63) is 198 Å². The van der Waals surface area contributed by atoms with Gasteiger partial charge in [0.15, 0.2) is 40.5 Å². The molecule has 1 aliphatic carbocycles. The molecule has 5 nitrogen and oxygen atoms in total. The monoisotopic (exact) mass is 655 g/mol. The number of ether oxygens (including phenoxy) is 2. The molecule has 7 aromatic carbocycles. The van der Waals surface area contributed by atoms with Crippen LogP contribution in [0.15, 0.2) is 176 Å². The van der Waals surface area contributed by atoms with E-state index < -0.39 is 5.41 Å². The molecule has 0 radical (unpaired) electrons. The molecule has 51 heavy (non-hydrogen) atoms. The molecule has 8 aromatic rings. The molecule has 1 aliphatic heterocycles. The maximum atomic E-state index is 6.46. The highest BCUT2D eigenvalue weighted by Crippen LogP contribution is 2.57. The molecule has 2 heterocycles. The lowest BCUT2D eigenvalue weighted by Gasteiger charge is -2.34. The number of para-hydroxylation sites is 2. The molecule has 10 rings (SSSR count). The predicted octanol–water partition coefficient (Wildman–Crippen LogP) is 11.1. The van der Waals surface area contributed by atoms with Crippen LogP contribution in [-0.4, -0.2) is 15.0 Å². The third-order valence-corrected chi connectivity index (χ3v) is 9.89. The number of benzene rings is 7. The van der Waals surface area contributed by atoms with Gasteiger partial charge in [0.05, 0.1) is 5.41 Å². The van der Waals surface area contributed by atoms with Crippen LogP contribution in [0.5, 0.6) is 23.0 Å². The summed E-state index contributed by atoms with van der Waals surface area (Å²) in [4.78, 5) is 14.9. The molecule has 0 unspecified atom stereocenters. The molecule has 0 saturated heterocycles. The maximum Gasteiger partial charge on any atom is 0.170 e. The number of fused-ring (bicyclic) bond motifs is 5. The molecule has 0 fully saturated rings. The highest BCUT2D eigenvalue weighted by atomic mass is 16.6. The first-order chi connectivity index (χ1) is 25.3. The van der Waals surface area contributed by atoms with Gasteiger partial charge in [0.1, 0.15) is 0 Å². The molecular weight excluding hydrogens is 627 g/mol. The topological polar surface area (TPSA) is 57.1 Å². The van der Waals surface area contributed by atoms with Crippen molar-refractivity contribution in [3.8, 4) is 68.3 Å². The average molecular weight is 656 g/mol. The smallest absolute Gasteiger partial charge is 0.170 e. The third kappa shape index (κ3) is 4.67. The Morgan fingerprint density at radius 3 is 1.29 bits per heavy atom. The van der Waals surface area contributed by atoms with Gasteiger partial charge in [0.2, 0.25) is 0 Å². The van der Waals surface area contributed by atoms with Crippen LogP contribution in [0.3, 0.4) is 0 Å². The minimum Gasteiger partial charge on any atom is -0.450 e. The number of aromatic nitrogens is 3. The second-order valence-corrected chi connectivity index (χ2v) is 12.8. The van der Waals surface area contributed by atoms with Gasteiger partial charge in [-0.1, -0.05) is 152 Å². The summed E-state index contributed by atoms with van der Waals surface area (Å²) in [5, 5.41) is 0. The molecular formula is C46H29N3O2. The summed E-state index contributed by atoms with van der Waals surface area (Å²) in [5.41, 5.74) is 9.25. The summed E-state index contributed by atoms with van der Waals surface area (Å²) in [5.74, 6) is 4.69. The van der Waals surface area contributed by atoms with E-state index in [2.05, 4.69) is 84.9 Å². The van der Waals surface area contributed by atoms with E-state index in [1.54, 1.807) is 0 Å². The first-order valence-electron chi connectivity index (χ1n) is 17.0. The lowest BCUT2D eigenvalue weighted by atomic mass is 9.67. The molecule has 0 atom stereocenters. The average Bonchev–Trinajstić information content (AvgIpc) is 3.51. The zero-order valence-electron chi connectivity index (χ0n) is 27.4. The second-order valence-electron chi connectivity index (χ2n) is 12.8. The largest absolute Gasteiger partial charge is 0.450 e. The first-order valence-corrected chi connectivity index (χ1v) is 17.0. The molecule has 240 valence electrons. The van der Waals surface area contributed by atoms with Crippen LogP contribution in [0.4, 0.5) is 0 Å². The molecule has 0 amide bonds. The van der Waals surface area contributed by atoms with Gasteiger partial charge in [-0.3, -0.25) is 0 Å². The lowest BCUT2D eigenvalue weighted by molar-refractivity contribution is 0.359. The molecule has 2 aliphatic rings. The van der Waals surface area contributed by atoms with Crippen molar-refractivity contribution in [2.45, 2.75) is 5.41 Å². The second kappa shape index (κ2) is 11.6. The van der Waals surface area contributed by atoms with Gasteiger partial charge in [0, 0.05) is 16.7 Å². The van der Waals surface area contributed by atoms with Crippen molar-refractivity contribution in [3.63, 3.8) is 0 Å². The standard InChI is InChI=1S/C46H29N3O2/c1-3-13-30(14-4-1)43-47-44(31-15-5-2-6-16-31)49-45(48-43)32-23-25-33(26-24-32)46(37-19-9-7-17-35(37)36-18-8-10-20-38(36)46)34-27-28-41-42(29-34)51-40-22-12-11-21-39(40)50-41/h1-29H. The summed E-state index contributed by atoms with van der Waals surface area (Å²) < 4.78 is 12.7. The van der Waals surface area contributed by atoms with Gasteiger partial charge in [-0.05, 0) is 57.6 Å². The lowest BCUT2D eigenvalue weighted by Crippen LogP contribution is -2.28. The summed E-state index contributed by atoms with van der Waals surface area (Å²) in [7, 11) is 0. The Labute approximate surface area is 295 Å². The Kier molecular flexibility index (Phi) is 6.64. The minimum atomic E-state index is -0.620. The van der Waals surface area contributed by atoms with E-state index in [4.69, 9.17) is 24.4 Å². The molecule has 5 heteroatoms. The van der Waals surface area contributed by atoms with Crippen molar-refractivity contribution in [1.82, 2.24) is 15.0 Å². The van der Waals surface area contributed by atoms with Crippen LogP contribution >= 0.6 is 0 Å². The van der Waals surface area contributed by atoms with Gasteiger partial charge in [-0.25, -0.2) is 15.0 Å². The Balaban J connectivity index is 1.15. The quantitative estimate of drug-likeness (QED) is 0.185. The normalized spacial score (nSPS) is 13.2. The van der Waals surface area contributed by atoms with E-state index in [1.165, 1.54) is 22.3 Å². The van der Waals surface area contributed by atoms with E-state index in [0.717, 1.165) is 27.8 Å². The fraction of sp³-hybridized carbons (Fsp3) is 0.0217. The Morgan fingerprint density at radius 2 is 0.745 bits per heavy atom. The minimum absolute atomic E-state index is 0.619. The summed E-state index contributed by atoms with van der Waals surface area (Å²) in [6.45, 7) is 0. The highest BCUT2D eigenvalue weighted by Gasteiger charge is 2.46. The van der Waals surface area contributed by atoms with E-state index in [1.807, 2.05) is 91.0 Å². The predicted molar refractivity (Wildman–Crippen MR) is 200 cm³/mol. The maximum absolute atomic E-state index is 6.46. The molecule has 0 N–H and O–H groups in total. The Hall–Kier alpha value is -6.85. The van der Waals surface area contributed by atoms with Crippen LogP contribution < -0.4 is 9.47 Å². The number of hydrogen-bond acceptors (Lipinski definition) is 5. The van der Waals surface area contributed by atoms with Crippen LogP contribution in [0.1, 0.15) is 22.3 Å². The zero-order chi connectivity index (χ0) is 33.8. The summed E-state index contributed by atoms with van der Waals surface area (Å²) in [6, 6.07) is 60.4. The Morgan fingerprint density at radius 1 is 0.333 bits per heavy atom. The number of nitrogens with zero attached hydrogens (tertiary/aromatic N) is 3. The summed E-state index contributed by atoms with van der Waals surface area (Å²) >= 11 is 0. The van der Waals surface area contributed by atoms with E-state index >= 15 is 0 Å². The van der Waals surface area contributed by atoms with Gasteiger partial charge < -0.3 is 9.47 Å². The highest BCUT2D eigenvalue weighted by molar-refractivity contribution is 5.86. The van der Waals surface area contributed by atoms with E-state index in [0.29, 0.717) is 40.5 Å². The van der Waals surface area contributed by atoms with Crippen LogP contribution in [0.25, 0.3) is 45.3 Å². The van der Waals surface area contributed by atoms with Crippen molar-refractivity contribution in [2.75, 3.05) is 0 Å². The van der Waals surface area contributed by atoms with Gasteiger partial charge in [0.25, 0.3) is 0 Å².